The smallest absolute Gasteiger partial charge is 0.338 e. The van der Waals surface area contributed by atoms with Gasteiger partial charge in [-0.1, -0.05) is 0 Å². The van der Waals surface area contributed by atoms with Crippen LogP contribution in [0.1, 0.15) is 52.0 Å². The molecule has 1 aliphatic rings. The molecule has 0 aromatic carbocycles. The van der Waals surface area contributed by atoms with E-state index < -0.39 is 39.2 Å². The van der Waals surface area contributed by atoms with Gasteiger partial charge in [-0.2, -0.15) is 18.3 Å². The molecular weight excluding hydrogens is 357 g/mol. The van der Waals surface area contributed by atoms with E-state index in [0.717, 1.165) is 10.7 Å². The van der Waals surface area contributed by atoms with E-state index >= 15 is 0 Å². The van der Waals surface area contributed by atoms with Crippen LogP contribution in [0.5, 0.6) is 0 Å². The Kier molecular flexibility index (Phi) is 4.84. The molecule has 1 amide bonds. The highest BCUT2D eigenvalue weighted by Gasteiger charge is 2.46. The maximum absolute atomic E-state index is 13.0. The molecule has 2 atom stereocenters. The predicted octanol–water partition coefficient (Wildman–Crippen LogP) is 2.25. The van der Waals surface area contributed by atoms with E-state index in [-0.39, 0.29) is 18.1 Å². The van der Waals surface area contributed by atoms with Gasteiger partial charge in [0.05, 0.1) is 33.5 Å². The van der Waals surface area contributed by atoms with Crippen molar-refractivity contribution in [3.8, 4) is 0 Å². The highest BCUT2D eigenvalue weighted by atomic mass is 32.2. The second-order valence-electron chi connectivity index (χ2n) is 7.76. The molecule has 0 radical (unpaired) electrons. The number of hydrogen-bond acceptors (Lipinski definition) is 3. The molecule has 1 aromatic rings. The Balaban J connectivity index is 2.48. The number of carbonyl (C=O) groups is 1. The topological polar surface area (TPSA) is 67.2 Å². The standard InChI is InChI=1S/C15H23F3N4O2S/c1-13(2,3)25(24)20-14(4,5)11-12(23)21(6)8-9-7-10(15(16,17)18)19-22(9)11/h7,11,20H,8H2,1-6H3. The fraction of sp³-hybridized carbons (Fsp3) is 0.733. The molecule has 2 heterocycles. The van der Waals surface area contributed by atoms with Crippen molar-refractivity contribution >= 4 is 16.9 Å². The Labute approximate surface area is 147 Å². The van der Waals surface area contributed by atoms with Crippen LogP contribution in [0.4, 0.5) is 13.2 Å². The highest BCUT2D eigenvalue weighted by molar-refractivity contribution is 7.84. The minimum absolute atomic E-state index is 0.0385. The summed E-state index contributed by atoms with van der Waals surface area (Å²) in [7, 11) is 0.0179. The molecular formula is C15H23F3N4O2S. The van der Waals surface area contributed by atoms with Crippen molar-refractivity contribution < 1.29 is 22.2 Å². The number of halogens is 3. The Morgan fingerprint density at radius 2 is 1.80 bits per heavy atom. The molecule has 2 rings (SSSR count). The zero-order chi connectivity index (χ0) is 19.4. The largest absolute Gasteiger partial charge is 0.435 e. The number of aromatic nitrogens is 2. The molecule has 0 fully saturated rings. The summed E-state index contributed by atoms with van der Waals surface area (Å²) in [6.07, 6.45) is -4.59. The third-order valence-corrected chi connectivity index (χ3v) is 5.78. The Hall–Kier alpha value is -1.42. The molecule has 142 valence electrons. The monoisotopic (exact) mass is 380 g/mol. The molecule has 1 aliphatic heterocycles. The summed E-state index contributed by atoms with van der Waals surface area (Å²) in [6, 6.07) is -0.0872. The molecule has 0 spiro atoms. The second-order valence-corrected chi connectivity index (χ2v) is 9.73. The minimum Gasteiger partial charge on any atom is -0.338 e. The van der Waals surface area contributed by atoms with Crippen LogP contribution in [-0.4, -0.2) is 42.1 Å². The second kappa shape index (κ2) is 6.08. The van der Waals surface area contributed by atoms with Gasteiger partial charge in [-0.05, 0) is 40.7 Å². The summed E-state index contributed by atoms with van der Waals surface area (Å²) in [5.41, 5.74) is -1.83. The van der Waals surface area contributed by atoms with Crippen LogP contribution in [0.25, 0.3) is 0 Å². The van der Waals surface area contributed by atoms with Crippen molar-refractivity contribution in [3.63, 3.8) is 0 Å². The lowest BCUT2D eigenvalue weighted by Crippen LogP contribution is -2.57. The number of rotatable bonds is 3. The zero-order valence-corrected chi connectivity index (χ0v) is 15.9. The first-order chi connectivity index (χ1) is 11.1. The van der Waals surface area contributed by atoms with Crippen LogP contribution in [0, 0.1) is 0 Å². The van der Waals surface area contributed by atoms with Crippen LogP contribution < -0.4 is 4.72 Å². The van der Waals surface area contributed by atoms with Gasteiger partial charge in [0.25, 0.3) is 0 Å². The van der Waals surface area contributed by atoms with Crippen LogP contribution in [0.3, 0.4) is 0 Å². The fourth-order valence-electron chi connectivity index (χ4n) is 2.61. The number of carbonyl (C=O) groups excluding carboxylic acids is 1. The van der Waals surface area contributed by atoms with E-state index in [0.29, 0.717) is 0 Å². The van der Waals surface area contributed by atoms with Gasteiger partial charge >= 0.3 is 6.18 Å². The highest BCUT2D eigenvalue weighted by Crippen LogP contribution is 2.35. The molecule has 25 heavy (non-hydrogen) atoms. The van der Waals surface area contributed by atoms with Gasteiger partial charge in [0, 0.05) is 7.05 Å². The van der Waals surface area contributed by atoms with Gasteiger partial charge in [-0.25, -0.2) is 8.93 Å². The third kappa shape index (κ3) is 3.89. The number of likely N-dealkylation sites (N-methyl/N-ethyl adjacent to an activating group) is 1. The number of alkyl halides is 3. The third-order valence-electron chi connectivity index (χ3n) is 3.95. The summed E-state index contributed by atoms with van der Waals surface area (Å²) >= 11 is 0. The van der Waals surface area contributed by atoms with E-state index in [1.54, 1.807) is 34.6 Å². The van der Waals surface area contributed by atoms with Crippen molar-refractivity contribution in [2.45, 2.75) is 63.7 Å². The van der Waals surface area contributed by atoms with Crippen LogP contribution >= 0.6 is 0 Å². The quantitative estimate of drug-likeness (QED) is 0.875. The first-order valence-electron chi connectivity index (χ1n) is 7.75. The van der Waals surface area contributed by atoms with Crippen molar-refractivity contribution in [1.82, 2.24) is 19.4 Å². The average Bonchev–Trinajstić information content (AvgIpc) is 2.80. The molecule has 10 heteroatoms. The molecule has 0 aliphatic carbocycles. The van der Waals surface area contributed by atoms with E-state index in [1.807, 2.05) is 0 Å². The van der Waals surface area contributed by atoms with E-state index in [1.165, 1.54) is 11.9 Å². The summed E-state index contributed by atoms with van der Waals surface area (Å²) in [4.78, 5) is 14.0. The minimum atomic E-state index is -4.59. The summed E-state index contributed by atoms with van der Waals surface area (Å²) in [6.45, 7) is 8.61. The first-order valence-corrected chi connectivity index (χ1v) is 8.90. The van der Waals surface area contributed by atoms with Gasteiger partial charge in [0.2, 0.25) is 5.91 Å². The predicted molar refractivity (Wildman–Crippen MR) is 87.9 cm³/mol. The summed E-state index contributed by atoms with van der Waals surface area (Å²) in [5, 5.41) is 3.63. The Morgan fingerprint density at radius 1 is 1.24 bits per heavy atom. The first kappa shape index (κ1) is 19.9. The van der Waals surface area contributed by atoms with Gasteiger partial charge in [-0.3, -0.25) is 9.48 Å². The van der Waals surface area contributed by atoms with Gasteiger partial charge in [-0.15, -0.1) is 0 Å². The molecule has 0 bridgehead atoms. The lowest BCUT2D eigenvalue weighted by Gasteiger charge is -2.41. The van der Waals surface area contributed by atoms with Gasteiger partial charge in [0.1, 0.15) is 6.04 Å². The number of amides is 1. The van der Waals surface area contributed by atoms with Crippen LogP contribution in [0.2, 0.25) is 0 Å². The van der Waals surface area contributed by atoms with Crippen LogP contribution in [-0.2, 0) is 28.5 Å². The molecule has 6 nitrogen and oxygen atoms in total. The zero-order valence-electron chi connectivity index (χ0n) is 15.1. The molecule has 1 N–H and O–H groups in total. The summed E-state index contributed by atoms with van der Waals surface area (Å²) in [5.74, 6) is -0.382. The van der Waals surface area contributed by atoms with Crippen molar-refractivity contribution in [1.29, 1.82) is 0 Å². The number of hydrogen-bond donors (Lipinski definition) is 1. The van der Waals surface area contributed by atoms with E-state index in [2.05, 4.69) is 9.82 Å². The number of nitrogens with one attached hydrogen (secondary N) is 1. The molecule has 0 saturated heterocycles. The molecule has 0 saturated carbocycles. The van der Waals surface area contributed by atoms with Crippen LogP contribution in [0.15, 0.2) is 6.07 Å². The number of nitrogens with zero attached hydrogens (tertiary/aromatic N) is 3. The lowest BCUT2D eigenvalue weighted by atomic mass is 9.93. The fourth-order valence-corrected chi connectivity index (χ4v) is 3.51. The number of fused-ring (bicyclic) bond motifs is 1. The molecule has 2 unspecified atom stereocenters. The van der Waals surface area contributed by atoms with E-state index in [9.17, 15) is 22.2 Å². The van der Waals surface area contributed by atoms with Gasteiger partial charge in [0.15, 0.2) is 5.69 Å². The SMILES string of the molecule is CN1Cc2cc(C(F)(F)F)nn2C(C(C)(C)NS(=O)C(C)(C)C)C1=O. The van der Waals surface area contributed by atoms with E-state index in [4.69, 9.17) is 0 Å². The lowest BCUT2D eigenvalue weighted by molar-refractivity contribution is -0.143. The van der Waals surface area contributed by atoms with Crippen molar-refractivity contribution in [2.75, 3.05) is 7.05 Å². The van der Waals surface area contributed by atoms with Crippen molar-refractivity contribution in [2.24, 2.45) is 0 Å². The van der Waals surface area contributed by atoms with Gasteiger partial charge < -0.3 is 4.90 Å². The normalized spacial score (nSPS) is 20.6. The molecule has 1 aromatic heterocycles. The average molecular weight is 380 g/mol. The Bertz CT molecular complexity index is 707. The maximum atomic E-state index is 13.0. The maximum Gasteiger partial charge on any atom is 0.435 e. The van der Waals surface area contributed by atoms with Crippen molar-refractivity contribution in [3.05, 3.63) is 17.5 Å². The summed E-state index contributed by atoms with van der Waals surface area (Å²) < 4.78 is 54.9. The Morgan fingerprint density at radius 3 is 2.28 bits per heavy atom.